The maximum absolute atomic E-state index is 12.8. The van der Waals surface area contributed by atoms with Gasteiger partial charge in [0.05, 0.1) is 15.7 Å². The van der Waals surface area contributed by atoms with E-state index < -0.39 is 38.8 Å². The third-order valence-corrected chi connectivity index (χ3v) is 7.76. The Morgan fingerprint density at radius 2 is 1.70 bits per heavy atom. The second-order valence-electron chi connectivity index (χ2n) is 7.04. The summed E-state index contributed by atoms with van der Waals surface area (Å²) >= 11 is 6.74. The second kappa shape index (κ2) is 10.3. The van der Waals surface area contributed by atoms with Crippen LogP contribution in [0, 0.1) is 0 Å². The van der Waals surface area contributed by atoms with E-state index in [0.29, 0.717) is 21.3 Å². The van der Waals surface area contributed by atoms with Crippen LogP contribution in [0.3, 0.4) is 0 Å². The van der Waals surface area contributed by atoms with Crippen molar-refractivity contribution in [2.24, 2.45) is 0 Å². The van der Waals surface area contributed by atoms with E-state index >= 15 is 0 Å². The molecule has 1 atom stereocenters. The first kappa shape index (κ1) is 24.7. The lowest BCUT2D eigenvalue weighted by Gasteiger charge is -2.22. The minimum atomic E-state index is -4.16. The van der Waals surface area contributed by atoms with Crippen molar-refractivity contribution in [1.82, 2.24) is 4.98 Å². The molecule has 1 amide bonds. The molecular weight excluding hydrogens is 488 g/mol. The average Bonchev–Trinajstić information content (AvgIpc) is 2.79. The van der Waals surface area contributed by atoms with Crippen molar-refractivity contribution in [3.05, 3.63) is 83.5 Å². The van der Waals surface area contributed by atoms with Crippen LogP contribution < -0.4 is 5.32 Å². The lowest BCUT2D eigenvalue weighted by molar-refractivity contribution is -0.153. The smallest absolute Gasteiger partial charge is 0.337 e. The van der Waals surface area contributed by atoms with Crippen molar-refractivity contribution in [3.8, 4) is 0 Å². The molecule has 172 valence electrons. The van der Waals surface area contributed by atoms with Crippen LogP contribution in [0.1, 0.15) is 10.4 Å². The van der Waals surface area contributed by atoms with E-state index in [4.69, 9.17) is 11.6 Å². The fraction of sp³-hybridized carbons (Fsp3) is 0.136. The first-order valence-corrected chi connectivity index (χ1v) is 12.5. The molecule has 0 saturated carbocycles. The number of hydrogen-bond donors (Lipinski definition) is 3. The molecule has 1 heterocycles. The lowest BCUT2D eigenvalue weighted by atomic mass is 10.1. The molecule has 3 N–H and O–H groups in total. The van der Waals surface area contributed by atoms with Gasteiger partial charge in [-0.1, -0.05) is 17.7 Å². The van der Waals surface area contributed by atoms with Gasteiger partial charge in [0, 0.05) is 28.2 Å². The Labute approximate surface area is 199 Å². The highest BCUT2D eigenvalue weighted by molar-refractivity contribution is 7.99. The summed E-state index contributed by atoms with van der Waals surface area (Å²) in [5, 5.41) is 23.6. The number of amides is 1. The van der Waals surface area contributed by atoms with Gasteiger partial charge < -0.3 is 15.5 Å². The number of sulfone groups is 1. The number of hydrogen-bond acceptors (Lipinski definition) is 7. The number of carboxylic acid groups (broad SMARTS) is 1. The summed E-state index contributed by atoms with van der Waals surface area (Å²) < 4.78 is 25.6. The highest BCUT2D eigenvalue weighted by Crippen LogP contribution is 2.25. The van der Waals surface area contributed by atoms with Crippen molar-refractivity contribution < 1.29 is 28.2 Å². The van der Waals surface area contributed by atoms with E-state index in [2.05, 4.69) is 10.3 Å². The van der Waals surface area contributed by atoms with Crippen molar-refractivity contribution in [1.29, 1.82) is 0 Å². The molecule has 11 heteroatoms. The fourth-order valence-electron chi connectivity index (χ4n) is 2.74. The van der Waals surface area contributed by atoms with Gasteiger partial charge in [-0.05, 0) is 60.7 Å². The molecule has 0 aliphatic heterocycles. The number of aromatic nitrogens is 1. The number of pyridine rings is 1. The zero-order valence-corrected chi connectivity index (χ0v) is 19.4. The Bertz CT molecular complexity index is 1240. The summed E-state index contributed by atoms with van der Waals surface area (Å²) in [6, 6.07) is 16.5. The number of carbonyl (C=O) groups excluding carboxylic acids is 1. The number of anilines is 1. The summed E-state index contributed by atoms with van der Waals surface area (Å²) in [5.74, 6) is -3.49. The number of aliphatic carboxylic acids is 1. The number of carboxylic acids is 1. The maximum atomic E-state index is 12.8. The van der Waals surface area contributed by atoms with Crippen LogP contribution >= 0.6 is 23.4 Å². The summed E-state index contributed by atoms with van der Waals surface area (Å²) in [6.07, 6.45) is 1.51. The van der Waals surface area contributed by atoms with Gasteiger partial charge in [0.1, 0.15) is 0 Å². The molecule has 2 aromatic carbocycles. The SMILES string of the molecule is O=C(Nc1ccc(S(=O)(=O)CC(O)(CSc2ccccn2)C(=O)O)cc1)c1ccc(Cl)cc1. The van der Waals surface area contributed by atoms with Crippen LogP contribution in [-0.2, 0) is 14.6 Å². The number of nitrogens with zero attached hydrogens (tertiary/aromatic N) is 1. The first-order valence-electron chi connectivity index (χ1n) is 9.48. The van der Waals surface area contributed by atoms with Crippen molar-refractivity contribution in [3.63, 3.8) is 0 Å². The molecule has 1 aromatic heterocycles. The Morgan fingerprint density at radius 1 is 1.03 bits per heavy atom. The van der Waals surface area contributed by atoms with Crippen LogP contribution in [0.25, 0.3) is 0 Å². The molecule has 0 bridgehead atoms. The topological polar surface area (TPSA) is 134 Å². The third-order valence-electron chi connectivity index (χ3n) is 4.50. The van der Waals surface area contributed by atoms with Gasteiger partial charge in [-0.2, -0.15) is 0 Å². The van der Waals surface area contributed by atoms with Crippen molar-refractivity contribution in [2.75, 3.05) is 16.8 Å². The molecule has 3 aromatic rings. The predicted molar refractivity (Wildman–Crippen MR) is 125 cm³/mol. The van der Waals surface area contributed by atoms with E-state index in [-0.39, 0.29) is 4.90 Å². The monoisotopic (exact) mass is 506 g/mol. The molecular formula is C22H19ClN2O6S2. The van der Waals surface area contributed by atoms with Crippen molar-refractivity contribution >= 4 is 50.8 Å². The molecule has 3 rings (SSSR count). The quantitative estimate of drug-likeness (QED) is 0.376. The standard InChI is InChI=1S/C22H19ClN2O6S2/c23-16-6-4-15(5-7-16)20(26)25-17-8-10-18(11-9-17)33(30,31)14-22(29,21(27)28)13-32-19-3-1-2-12-24-19/h1-12,29H,13-14H2,(H,25,26)(H,27,28). The summed E-state index contributed by atoms with van der Waals surface area (Å²) in [4.78, 5) is 27.8. The van der Waals surface area contributed by atoms with E-state index in [0.717, 1.165) is 11.8 Å². The molecule has 8 nitrogen and oxygen atoms in total. The van der Waals surface area contributed by atoms with Crippen LogP contribution in [0.2, 0.25) is 5.02 Å². The molecule has 0 fully saturated rings. The highest BCUT2D eigenvalue weighted by atomic mass is 35.5. The minimum absolute atomic E-state index is 0.186. The number of benzene rings is 2. The Kier molecular flexibility index (Phi) is 7.75. The van der Waals surface area contributed by atoms with Gasteiger partial charge in [-0.15, -0.1) is 11.8 Å². The van der Waals surface area contributed by atoms with E-state index in [1.807, 2.05) is 0 Å². The summed E-state index contributed by atoms with van der Waals surface area (Å²) in [6.45, 7) is 0. The number of thioether (sulfide) groups is 1. The first-order chi connectivity index (χ1) is 15.6. The van der Waals surface area contributed by atoms with Gasteiger partial charge >= 0.3 is 5.97 Å². The van der Waals surface area contributed by atoms with Gasteiger partial charge in [-0.25, -0.2) is 18.2 Å². The van der Waals surface area contributed by atoms with Gasteiger partial charge in [0.2, 0.25) is 0 Å². The van der Waals surface area contributed by atoms with E-state index in [1.54, 1.807) is 42.5 Å². The molecule has 0 saturated heterocycles. The van der Waals surface area contributed by atoms with Crippen molar-refractivity contribution in [2.45, 2.75) is 15.5 Å². The predicted octanol–water partition coefficient (Wildman–Crippen LogP) is 3.37. The highest BCUT2D eigenvalue weighted by Gasteiger charge is 2.41. The van der Waals surface area contributed by atoms with Crippen LogP contribution in [0.4, 0.5) is 5.69 Å². The second-order valence-corrected chi connectivity index (χ2v) is 10.5. The number of nitrogens with one attached hydrogen (secondary N) is 1. The van der Waals surface area contributed by atoms with Crippen LogP contribution in [0.15, 0.2) is 82.8 Å². The molecule has 0 aliphatic carbocycles. The van der Waals surface area contributed by atoms with Gasteiger partial charge in [0.15, 0.2) is 15.4 Å². The van der Waals surface area contributed by atoms with Gasteiger partial charge in [-0.3, -0.25) is 4.79 Å². The Balaban J connectivity index is 1.71. The van der Waals surface area contributed by atoms with Gasteiger partial charge in [0.25, 0.3) is 5.91 Å². The Morgan fingerprint density at radius 3 is 2.27 bits per heavy atom. The zero-order valence-electron chi connectivity index (χ0n) is 17.0. The lowest BCUT2D eigenvalue weighted by Crippen LogP contribution is -2.47. The summed E-state index contributed by atoms with van der Waals surface area (Å²) in [5.41, 5.74) is -1.82. The third kappa shape index (κ3) is 6.55. The summed E-state index contributed by atoms with van der Waals surface area (Å²) in [7, 11) is -4.16. The zero-order chi connectivity index (χ0) is 24.1. The van der Waals surface area contributed by atoms with E-state index in [9.17, 15) is 28.2 Å². The largest absolute Gasteiger partial charge is 0.479 e. The molecule has 0 spiro atoms. The Hall–Kier alpha value is -2.92. The number of carbonyl (C=O) groups is 2. The van der Waals surface area contributed by atoms with Crippen LogP contribution in [-0.4, -0.2) is 52.6 Å². The number of halogens is 1. The maximum Gasteiger partial charge on any atom is 0.337 e. The molecule has 0 radical (unpaired) electrons. The molecule has 0 aliphatic rings. The van der Waals surface area contributed by atoms with Crippen LogP contribution in [0.5, 0.6) is 0 Å². The normalized spacial score (nSPS) is 13.2. The molecule has 1 unspecified atom stereocenters. The van der Waals surface area contributed by atoms with E-state index in [1.165, 1.54) is 30.5 Å². The number of rotatable bonds is 9. The minimum Gasteiger partial charge on any atom is -0.479 e. The molecule has 33 heavy (non-hydrogen) atoms. The fourth-order valence-corrected chi connectivity index (χ4v) is 5.49. The number of aliphatic hydroxyl groups is 1. The average molecular weight is 507 g/mol.